The maximum atomic E-state index is 13.5. The van der Waals surface area contributed by atoms with Crippen LogP contribution >= 0.6 is 0 Å². The van der Waals surface area contributed by atoms with Gasteiger partial charge in [0.15, 0.2) is 11.6 Å². The van der Waals surface area contributed by atoms with E-state index in [0.717, 1.165) is 62.6 Å². The molecular weight excluding hydrogens is 402 g/mol. The summed E-state index contributed by atoms with van der Waals surface area (Å²) in [6, 6.07) is 11.2. The molecule has 0 spiro atoms. The predicted molar refractivity (Wildman–Crippen MR) is 110 cm³/mol. The van der Waals surface area contributed by atoms with Crippen LogP contribution < -0.4 is 4.74 Å². The molecule has 31 heavy (non-hydrogen) atoms. The molecule has 2 saturated carbocycles. The van der Waals surface area contributed by atoms with Gasteiger partial charge in [-0.3, -0.25) is 4.79 Å². The first kappa shape index (κ1) is 20.4. The van der Waals surface area contributed by atoms with E-state index in [9.17, 15) is 13.6 Å². The molecule has 164 valence electrons. The van der Waals surface area contributed by atoms with Gasteiger partial charge in [-0.25, -0.2) is 8.78 Å². The van der Waals surface area contributed by atoms with Crippen LogP contribution in [-0.4, -0.2) is 17.7 Å². The van der Waals surface area contributed by atoms with Crippen LogP contribution in [0, 0.1) is 28.9 Å². The van der Waals surface area contributed by atoms with Crippen LogP contribution in [0.2, 0.25) is 0 Å². The van der Waals surface area contributed by atoms with Gasteiger partial charge in [-0.15, -0.1) is 0 Å². The number of rotatable bonds is 7. The minimum atomic E-state index is -0.938. The number of fused-ring (bicyclic) bond motifs is 3. The molecule has 2 atom stereocenters. The lowest BCUT2D eigenvalue weighted by molar-refractivity contribution is -0.192. The zero-order chi connectivity index (χ0) is 21.6. The van der Waals surface area contributed by atoms with Crippen LogP contribution in [0.5, 0.6) is 11.5 Å². The molecule has 0 radical (unpaired) electrons. The standard InChI is InChI=1S/C25H26F2O4/c26-21-5-4-19(14-22(21)27)31-18-3-1-2-17(13-18)25-10-8-24(9-11-25,15-30-25)7-6-16-12-20(16)23(28)29/h1-5,13-14,16,20H,6-12,15H2,(H,28,29)/t16-,20-,24?,25?/m1/s1. The van der Waals surface area contributed by atoms with Gasteiger partial charge in [-0.2, -0.15) is 0 Å². The Balaban J connectivity index is 1.24. The predicted octanol–water partition coefficient (Wildman–Crippen LogP) is 6.04. The molecule has 2 saturated heterocycles. The van der Waals surface area contributed by atoms with E-state index in [1.54, 1.807) is 6.07 Å². The zero-order valence-electron chi connectivity index (χ0n) is 17.3. The van der Waals surface area contributed by atoms with Gasteiger partial charge < -0.3 is 14.6 Å². The van der Waals surface area contributed by atoms with Crippen LogP contribution in [0.3, 0.4) is 0 Å². The van der Waals surface area contributed by atoms with Crippen molar-refractivity contribution in [2.24, 2.45) is 17.3 Å². The number of carboxylic acids is 1. The highest BCUT2D eigenvalue weighted by Crippen LogP contribution is 2.57. The monoisotopic (exact) mass is 428 g/mol. The van der Waals surface area contributed by atoms with Crippen LogP contribution in [-0.2, 0) is 15.1 Å². The number of carboxylic acid groups (broad SMARTS) is 1. The summed E-state index contributed by atoms with van der Waals surface area (Å²) in [7, 11) is 0. The fourth-order valence-electron chi connectivity index (χ4n) is 5.34. The van der Waals surface area contributed by atoms with E-state index in [-0.39, 0.29) is 22.7 Å². The Morgan fingerprint density at radius 2 is 1.84 bits per heavy atom. The normalized spacial score (nSPS) is 31.4. The molecule has 1 N–H and O–H groups in total. The van der Waals surface area contributed by atoms with Crippen molar-refractivity contribution in [1.29, 1.82) is 0 Å². The van der Waals surface area contributed by atoms with Crippen molar-refractivity contribution in [1.82, 2.24) is 0 Å². The fourth-order valence-corrected chi connectivity index (χ4v) is 5.34. The molecule has 4 nitrogen and oxygen atoms in total. The number of aliphatic carboxylic acids is 1. The molecule has 2 aliphatic carbocycles. The number of carbonyl (C=O) groups is 1. The second-order valence-corrected chi connectivity index (χ2v) is 9.47. The van der Waals surface area contributed by atoms with Gasteiger partial charge in [0.05, 0.1) is 18.1 Å². The number of ether oxygens (including phenoxy) is 2. The Morgan fingerprint density at radius 3 is 2.48 bits per heavy atom. The SMILES string of the molecule is O=C(O)[C@@H]1C[C@H]1CCC12CCC(c3cccc(Oc4ccc(F)c(F)c4)c3)(CC1)OC2. The quantitative estimate of drug-likeness (QED) is 0.584. The second-order valence-electron chi connectivity index (χ2n) is 9.47. The average molecular weight is 428 g/mol. The molecule has 2 bridgehead atoms. The molecule has 2 aromatic carbocycles. The van der Waals surface area contributed by atoms with Crippen LogP contribution in [0.1, 0.15) is 50.5 Å². The molecule has 2 heterocycles. The zero-order valence-corrected chi connectivity index (χ0v) is 17.3. The molecule has 0 unspecified atom stereocenters. The van der Waals surface area contributed by atoms with Gasteiger partial charge in [0.1, 0.15) is 11.5 Å². The highest BCUT2D eigenvalue weighted by molar-refractivity contribution is 5.73. The first-order chi connectivity index (χ1) is 14.9. The van der Waals surface area contributed by atoms with Crippen molar-refractivity contribution in [3.63, 3.8) is 0 Å². The Labute approximate surface area is 180 Å². The van der Waals surface area contributed by atoms with E-state index in [0.29, 0.717) is 18.3 Å². The van der Waals surface area contributed by atoms with Crippen molar-refractivity contribution in [2.75, 3.05) is 6.61 Å². The van der Waals surface area contributed by atoms with Crippen molar-refractivity contribution >= 4 is 5.97 Å². The van der Waals surface area contributed by atoms with Gasteiger partial charge in [-0.1, -0.05) is 12.1 Å². The maximum absolute atomic E-state index is 13.5. The molecule has 4 aliphatic rings. The maximum Gasteiger partial charge on any atom is 0.306 e. The molecule has 6 rings (SSSR count). The van der Waals surface area contributed by atoms with Gasteiger partial charge in [-0.05, 0) is 86.1 Å². The third kappa shape index (κ3) is 3.93. The van der Waals surface area contributed by atoms with Crippen molar-refractivity contribution < 1.29 is 28.2 Å². The van der Waals surface area contributed by atoms with E-state index < -0.39 is 17.6 Å². The summed E-state index contributed by atoms with van der Waals surface area (Å²) in [6.07, 6.45) is 6.84. The first-order valence-electron chi connectivity index (χ1n) is 11.0. The number of benzene rings is 2. The summed E-state index contributed by atoms with van der Waals surface area (Å²) in [6.45, 7) is 0.700. The van der Waals surface area contributed by atoms with Gasteiger partial charge in [0, 0.05) is 6.07 Å². The highest BCUT2D eigenvalue weighted by Gasteiger charge is 2.52. The number of hydrogen-bond acceptors (Lipinski definition) is 3. The summed E-state index contributed by atoms with van der Waals surface area (Å²) in [5.74, 6) is -1.48. The summed E-state index contributed by atoms with van der Waals surface area (Å²) < 4.78 is 38.8. The smallest absolute Gasteiger partial charge is 0.306 e. The summed E-state index contributed by atoms with van der Waals surface area (Å²) in [5.41, 5.74) is 0.889. The third-order valence-corrected chi connectivity index (χ3v) is 7.55. The van der Waals surface area contributed by atoms with E-state index in [1.165, 1.54) is 6.07 Å². The lowest BCUT2D eigenvalue weighted by atomic mass is 9.62. The van der Waals surface area contributed by atoms with E-state index >= 15 is 0 Å². The van der Waals surface area contributed by atoms with Crippen LogP contribution in [0.4, 0.5) is 8.78 Å². The molecule has 0 amide bonds. The van der Waals surface area contributed by atoms with E-state index in [4.69, 9.17) is 14.6 Å². The van der Waals surface area contributed by atoms with Crippen molar-refractivity contribution in [2.45, 2.75) is 50.5 Å². The van der Waals surface area contributed by atoms with Crippen molar-refractivity contribution in [3.05, 3.63) is 59.7 Å². The Hall–Kier alpha value is -2.47. The Morgan fingerprint density at radius 1 is 1.06 bits per heavy atom. The lowest BCUT2D eigenvalue weighted by Crippen LogP contribution is -2.49. The van der Waals surface area contributed by atoms with E-state index in [2.05, 4.69) is 0 Å². The molecular formula is C25H26F2O4. The largest absolute Gasteiger partial charge is 0.481 e. The number of halogens is 2. The van der Waals surface area contributed by atoms with Crippen LogP contribution in [0.25, 0.3) is 0 Å². The van der Waals surface area contributed by atoms with Gasteiger partial charge in [0.2, 0.25) is 0 Å². The molecule has 0 aromatic heterocycles. The molecule has 2 aliphatic heterocycles. The van der Waals surface area contributed by atoms with Crippen LogP contribution in [0.15, 0.2) is 42.5 Å². The van der Waals surface area contributed by atoms with Gasteiger partial charge in [0.25, 0.3) is 0 Å². The number of hydrogen-bond donors (Lipinski definition) is 1. The minimum Gasteiger partial charge on any atom is -0.481 e. The summed E-state index contributed by atoms with van der Waals surface area (Å²) in [5, 5.41) is 9.12. The molecule has 2 aromatic rings. The third-order valence-electron chi connectivity index (χ3n) is 7.55. The topological polar surface area (TPSA) is 55.8 Å². The Bertz CT molecular complexity index is 980. The molecule has 6 heteroatoms. The lowest BCUT2D eigenvalue weighted by Gasteiger charge is -2.53. The first-order valence-corrected chi connectivity index (χ1v) is 11.0. The van der Waals surface area contributed by atoms with Gasteiger partial charge >= 0.3 is 5.97 Å². The van der Waals surface area contributed by atoms with Crippen molar-refractivity contribution in [3.8, 4) is 11.5 Å². The van der Waals surface area contributed by atoms with E-state index in [1.807, 2.05) is 18.2 Å². The summed E-state index contributed by atoms with van der Waals surface area (Å²) >= 11 is 0. The Kier molecular flexibility index (Phi) is 5.00. The summed E-state index contributed by atoms with van der Waals surface area (Å²) in [4.78, 5) is 11.1. The second kappa shape index (κ2) is 7.59. The average Bonchev–Trinajstić information content (AvgIpc) is 3.57. The minimum absolute atomic E-state index is 0.138. The highest BCUT2D eigenvalue weighted by atomic mass is 19.2. The fraction of sp³-hybridized carbons (Fsp3) is 0.480. The molecule has 4 fully saturated rings.